The monoisotopic (exact) mass is 456 g/mol. The van der Waals surface area contributed by atoms with Gasteiger partial charge in [-0.05, 0) is 13.3 Å². The van der Waals surface area contributed by atoms with E-state index in [0.29, 0.717) is 48.1 Å². The topological polar surface area (TPSA) is 104 Å². The molecule has 0 radical (unpaired) electrons. The van der Waals surface area contributed by atoms with Crippen molar-refractivity contribution in [3.05, 3.63) is 48.9 Å². The van der Waals surface area contributed by atoms with E-state index in [9.17, 15) is 4.79 Å². The van der Waals surface area contributed by atoms with Crippen LogP contribution in [0.4, 0.5) is 5.82 Å². The van der Waals surface area contributed by atoms with E-state index >= 15 is 0 Å². The van der Waals surface area contributed by atoms with Gasteiger partial charge in [-0.3, -0.25) is 9.48 Å². The van der Waals surface area contributed by atoms with Gasteiger partial charge in [-0.25, -0.2) is 15.0 Å². The van der Waals surface area contributed by atoms with Crippen LogP contribution in [0.2, 0.25) is 0 Å². The molecule has 2 aliphatic rings. The molecule has 0 bridgehead atoms. The van der Waals surface area contributed by atoms with Crippen molar-refractivity contribution < 1.29 is 14.3 Å². The van der Waals surface area contributed by atoms with Gasteiger partial charge in [-0.1, -0.05) is 30.3 Å². The molecule has 1 saturated heterocycles. The number of ether oxygens (including phenoxy) is 2. The van der Waals surface area contributed by atoms with Crippen LogP contribution in [0.15, 0.2) is 48.9 Å². The van der Waals surface area contributed by atoms with Crippen molar-refractivity contribution in [3.63, 3.8) is 0 Å². The van der Waals surface area contributed by atoms with E-state index < -0.39 is 5.41 Å². The second-order valence-electron chi connectivity index (χ2n) is 8.82. The SMILES string of the molecule is CCOc1cc2ncnc(-c3cn(C)nc3-c3ccccc3)c2nc1NC(=O)C12COCC1C2. The highest BCUT2D eigenvalue weighted by Crippen LogP contribution is 2.57. The lowest BCUT2D eigenvalue weighted by Gasteiger charge is -2.15. The van der Waals surface area contributed by atoms with Crippen LogP contribution in [0, 0.1) is 11.3 Å². The molecule has 2 fully saturated rings. The fourth-order valence-corrected chi connectivity index (χ4v) is 4.73. The second-order valence-corrected chi connectivity index (χ2v) is 8.82. The van der Waals surface area contributed by atoms with Gasteiger partial charge in [-0.2, -0.15) is 5.10 Å². The summed E-state index contributed by atoms with van der Waals surface area (Å²) in [5.41, 5.74) is 4.00. The predicted molar refractivity (Wildman–Crippen MR) is 126 cm³/mol. The van der Waals surface area contributed by atoms with Gasteiger partial charge in [0.25, 0.3) is 0 Å². The molecule has 1 amide bonds. The summed E-state index contributed by atoms with van der Waals surface area (Å²) in [4.78, 5) is 26.9. The number of hydrogen-bond acceptors (Lipinski definition) is 7. The zero-order valence-electron chi connectivity index (χ0n) is 19.0. The smallest absolute Gasteiger partial charge is 0.234 e. The zero-order chi connectivity index (χ0) is 23.3. The number of amides is 1. The maximum atomic E-state index is 13.1. The van der Waals surface area contributed by atoms with E-state index in [1.165, 1.54) is 6.33 Å². The maximum Gasteiger partial charge on any atom is 0.234 e. The van der Waals surface area contributed by atoms with E-state index in [0.717, 1.165) is 23.2 Å². The molecule has 3 aromatic heterocycles. The van der Waals surface area contributed by atoms with Crippen molar-refractivity contribution in [3.8, 4) is 28.3 Å². The number of aromatic nitrogens is 5. The van der Waals surface area contributed by atoms with Gasteiger partial charge in [0, 0.05) is 36.4 Å². The summed E-state index contributed by atoms with van der Waals surface area (Å²) in [5.74, 6) is 1.06. The molecule has 9 heteroatoms. The molecule has 1 aliphatic heterocycles. The third-order valence-corrected chi connectivity index (χ3v) is 6.60. The highest BCUT2D eigenvalue weighted by Gasteiger charge is 2.63. The summed E-state index contributed by atoms with van der Waals surface area (Å²) in [5, 5.41) is 7.68. The van der Waals surface area contributed by atoms with Crippen molar-refractivity contribution in [2.75, 3.05) is 25.1 Å². The number of pyridine rings is 1. The number of nitrogens with zero attached hydrogens (tertiary/aromatic N) is 5. The van der Waals surface area contributed by atoms with E-state index in [4.69, 9.17) is 14.5 Å². The van der Waals surface area contributed by atoms with Crippen LogP contribution < -0.4 is 10.1 Å². The molecule has 2 unspecified atom stereocenters. The predicted octanol–water partition coefficient (Wildman–Crippen LogP) is 3.47. The summed E-state index contributed by atoms with van der Waals surface area (Å²) in [6, 6.07) is 11.7. The Balaban J connectivity index is 1.47. The van der Waals surface area contributed by atoms with Crippen LogP contribution in [0.25, 0.3) is 33.5 Å². The molecule has 172 valence electrons. The van der Waals surface area contributed by atoms with Gasteiger partial charge in [-0.15, -0.1) is 0 Å². The Kier molecular flexibility index (Phi) is 4.80. The third kappa shape index (κ3) is 3.31. The van der Waals surface area contributed by atoms with Crippen LogP contribution in [0.3, 0.4) is 0 Å². The number of rotatable bonds is 6. The first-order chi connectivity index (χ1) is 16.6. The van der Waals surface area contributed by atoms with Crippen molar-refractivity contribution in [1.82, 2.24) is 24.7 Å². The molecule has 0 spiro atoms. The Hall–Kier alpha value is -3.85. The molecule has 2 atom stereocenters. The lowest BCUT2D eigenvalue weighted by Crippen LogP contribution is -2.27. The minimum Gasteiger partial charge on any atom is -0.490 e. The second kappa shape index (κ2) is 7.88. The quantitative estimate of drug-likeness (QED) is 0.474. The standard InChI is InChI=1S/C25H24N6O3/c1-3-34-19-9-18-22(28-23(19)29-24(32)25-10-16(25)12-33-13-25)21(27-14-26-18)17-11-31(2)30-20(17)15-7-5-4-6-8-15/h4-9,11,14,16H,3,10,12-13H2,1-2H3,(H,28,29,32). The average Bonchev–Trinajstić information content (AvgIpc) is 3.19. The molecule has 1 aromatic carbocycles. The Bertz CT molecular complexity index is 1400. The number of hydrogen-bond donors (Lipinski definition) is 1. The van der Waals surface area contributed by atoms with Crippen LogP contribution in [-0.4, -0.2) is 50.5 Å². The van der Waals surface area contributed by atoms with E-state index in [-0.39, 0.29) is 11.8 Å². The maximum absolute atomic E-state index is 13.1. The Morgan fingerprint density at radius 1 is 1.26 bits per heavy atom. The molecular weight excluding hydrogens is 432 g/mol. The van der Waals surface area contributed by atoms with Crippen LogP contribution >= 0.6 is 0 Å². The summed E-state index contributed by atoms with van der Waals surface area (Å²) >= 11 is 0. The number of benzene rings is 1. The molecule has 1 saturated carbocycles. The van der Waals surface area contributed by atoms with Crippen molar-refractivity contribution in [2.45, 2.75) is 13.3 Å². The highest BCUT2D eigenvalue weighted by atomic mass is 16.5. The first kappa shape index (κ1) is 20.7. The lowest BCUT2D eigenvalue weighted by molar-refractivity contribution is -0.121. The third-order valence-electron chi connectivity index (χ3n) is 6.60. The molecule has 4 heterocycles. The summed E-state index contributed by atoms with van der Waals surface area (Å²) in [7, 11) is 1.88. The molecule has 1 aliphatic carbocycles. The van der Waals surface area contributed by atoms with Gasteiger partial charge >= 0.3 is 0 Å². The number of nitrogens with one attached hydrogen (secondary N) is 1. The van der Waals surface area contributed by atoms with Crippen LogP contribution in [0.1, 0.15) is 13.3 Å². The number of aryl methyl sites for hydroxylation is 1. The van der Waals surface area contributed by atoms with Crippen molar-refractivity contribution in [1.29, 1.82) is 0 Å². The van der Waals surface area contributed by atoms with Gasteiger partial charge in [0.15, 0.2) is 11.6 Å². The Morgan fingerprint density at radius 3 is 2.85 bits per heavy atom. The molecule has 34 heavy (non-hydrogen) atoms. The first-order valence-corrected chi connectivity index (χ1v) is 11.4. The minimum atomic E-state index is -0.444. The van der Waals surface area contributed by atoms with Crippen molar-refractivity contribution in [2.24, 2.45) is 18.4 Å². The fraction of sp³-hybridized carbons (Fsp3) is 0.320. The fourth-order valence-electron chi connectivity index (χ4n) is 4.73. The van der Waals surface area contributed by atoms with Crippen LogP contribution in [-0.2, 0) is 16.6 Å². The molecule has 1 N–H and O–H groups in total. The van der Waals surface area contributed by atoms with Gasteiger partial charge < -0.3 is 14.8 Å². The van der Waals surface area contributed by atoms with Crippen LogP contribution in [0.5, 0.6) is 5.75 Å². The number of anilines is 1. The van der Waals surface area contributed by atoms with Crippen molar-refractivity contribution >= 4 is 22.8 Å². The first-order valence-electron chi connectivity index (χ1n) is 11.4. The minimum absolute atomic E-state index is 0.0763. The van der Waals surface area contributed by atoms with Gasteiger partial charge in [0.05, 0.1) is 30.8 Å². The van der Waals surface area contributed by atoms with Gasteiger partial charge in [0.2, 0.25) is 5.91 Å². The van der Waals surface area contributed by atoms with E-state index in [2.05, 4.69) is 20.4 Å². The Labute approximate surface area is 196 Å². The average molecular weight is 457 g/mol. The number of carbonyl (C=O) groups excluding carboxylic acids is 1. The molecular formula is C25H24N6O3. The summed E-state index contributed by atoms with van der Waals surface area (Å²) in [6.07, 6.45) is 4.28. The van der Waals surface area contributed by atoms with E-state index in [1.807, 2.05) is 50.5 Å². The highest BCUT2D eigenvalue weighted by molar-refractivity contribution is 6.01. The summed E-state index contributed by atoms with van der Waals surface area (Å²) in [6.45, 7) is 3.42. The normalized spacial score (nSPS) is 20.8. The Morgan fingerprint density at radius 2 is 2.12 bits per heavy atom. The van der Waals surface area contributed by atoms with E-state index in [1.54, 1.807) is 10.7 Å². The molecule has 9 nitrogen and oxygen atoms in total. The molecule has 6 rings (SSSR count). The molecule has 4 aromatic rings. The summed E-state index contributed by atoms with van der Waals surface area (Å²) < 4.78 is 13.1. The van der Waals surface area contributed by atoms with Gasteiger partial charge in [0.1, 0.15) is 23.2 Å². The number of carbonyl (C=O) groups is 1. The number of fused-ring (bicyclic) bond motifs is 2. The largest absolute Gasteiger partial charge is 0.490 e. The zero-order valence-corrected chi connectivity index (χ0v) is 19.0. The lowest BCUT2D eigenvalue weighted by atomic mass is 10.0.